The molecular formula is C18H19N5O3S. The molecule has 0 fully saturated rings. The second-order valence-electron chi connectivity index (χ2n) is 5.52. The van der Waals surface area contributed by atoms with Gasteiger partial charge in [0, 0.05) is 18.5 Å². The first-order chi connectivity index (χ1) is 13.2. The highest BCUT2D eigenvalue weighted by molar-refractivity contribution is 7.99. The molecule has 0 aliphatic rings. The Hall–Kier alpha value is -2.94. The smallest absolute Gasteiger partial charge is 0.316 e. The predicted molar refractivity (Wildman–Crippen MR) is 101 cm³/mol. The van der Waals surface area contributed by atoms with Crippen LogP contribution in [-0.4, -0.2) is 50.6 Å². The van der Waals surface area contributed by atoms with Gasteiger partial charge in [0.05, 0.1) is 12.4 Å². The molecule has 140 valence electrons. The number of esters is 1. The van der Waals surface area contributed by atoms with E-state index in [0.717, 1.165) is 0 Å². The summed E-state index contributed by atoms with van der Waals surface area (Å²) >= 11 is 1.29. The molecule has 8 nitrogen and oxygen atoms in total. The third-order valence-electron chi connectivity index (χ3n) is 3.62. The first-order valence-electron chi connectivity index (χ1n) is 8.50. The number of nitrogens with zero attached hydrogens (tertiary/aromatic N) is 4. The van der Waals surface area contributed by atoms with Crippen LogP contribution in [0.4, 0.5) is 0 Å². The van der Waals surface area contributed by atoms with Crippen LogP contribution >= 0.6 is 11.8 Å². The Morgan fingerprint density at radius 3 is 2.74 bits per heavy atom. The minimum atomic E-state index is -0.281. The van der Waals surface area contributed by atoms with Crippen LogP contribution in [0.3, 0.4) is 0 Å². The first kappa shape index (κ1) is 18.8. The number of ether oxygens (including phenoxy) is 1. The highest BCUT2D eigenvalue weighted by atomic mass is 32.2. The van der Waals surface area contributed by atoms with Gasteiger partial charge < -0.3 is 10.1 Å². The maximum atomic E-state index is 12.1. The number of thioether (sulfide) groups is 1. The van der Waals surface area contributed by atoms with E-state index >= 15 is 0 Å². The standard InChI is InChI=1S/C18H19N5O3S/c1-2-26-17(24)12-27-16-9-8-14-20-21-15(23(14)22-16)10-11-19-18(25)13-6-4-3-5-7-13/h3-9H,2,10-12H2,1H3,(H,19,25). The molecule has 0 saturated carbocycles. The van der Waals surface area contributed by atoms with Crippen LogP contribution in [0.1, 0.15) is 23.1 Å². The van der Waals surface area contributed by atoms with E-state index in [-0.39, 0.29) is 17.6 Å². The van der Waals surface area contributed by atoms with Crippen molar-refractivity contribution in [1.29, 1.82) is 0 Å². The molecule has 2 heterocycles. The molecule has 2 aromatic heterocycles. The first-order valence-corrected chi connectivity index (χ1v) is 9.49. The summed E-state index contributed by atoms with van der Waals surface area (Å²) in [5.41, 5.74) is 1.22. The summed E-state index contributed by atoms with van der Waals surface area (Å²) in [5.74, 6) is 0.411. The number of nitrogens with one attached hydrogen (secondary N) is 1. The second kappa shape index (κ2) is 9.13. The highest BCUT2D eigenvalue weighted by Gasteiger charge is 2.11. The molecule has 9 heteroatoms. The third kappa shape index (κ3) is 5.04. The molecule has 0 radical (unpaired) electrons. The molecule has 0 unspecified atom stereocenters. The Morgan fingerprint density at radius 1 is 1.15 bits per heavy atom. The van der Waals surface area contributed by atoms with Gasteiger partial charge in [0.2, 0.25) is 0 Å². The summed E-state index contributed by atoms with van der Waals surface area (Å²) in [7, 11) is 0. The van der Waals surface area contributed by atoms with E-state index < -0.39 is 0 Å². The van der Waals surface area contributed by atoms with Crippen LogP contribution < -0.4 is 5.32 Å². The van der Waals surface area contributed by atoms with E-state index in [1.54, 1.807) is 35.7 Å². The van der Waals surface area contributed by atoms with Crippen molar-refractivity contribution in [3.63, 3.8) is 0 Å². The number of fused-ring (bicyclic) bond motifs is 1. The van der Waals surface area contributed by atoms with Crippen molar-refractivity contribution in [2.75, 3.05) is 18.9 Å². The minimum Gasteiger partial charge on any atom is -0.465 e. The van der Waals surface area contributed by atoms with E-state index in [4.69, 9.17) is 4.74 Å². The number of carbonyl (C=O) groups excluding carboxylic acids is 2. The fourth-order valence-electron chi connectivity index (χ4n) is 2.36. The van der Waals surface area contributed by atoms with Gasteiger partial charge in [-0.1, -0.05) is 30.0 Å². The van der Waals surface area contributed by atoms with Gasteiger partial charge in [-0.25, -0.2) is 0 Å². The van der Waals surface area contributed by atoms with Gasteiger partial charge in [-0.15, -0.1) is 10.2 Å². The molecular weight excluding hydrogens is 366 g/mol. The predicted octanol–water partition coefficient (Wildman–Crippen LogP) is 1.75. The summed E-state index contributed by atoms with van der Waals surface area (Å²) in [4.78, 5) is 23.6. The quantitative estimate of drug-likeness (QED) is 0.466. The van der Waals surface area contributed by atoms with Crippen molar-refractivity contribution in [2.45, 2.75) is 18.4 Å². The van der Waals surface area contributed by atoms with Gasteiger partial charge in [0.25, 0.3) is 5.91 Å². The van der Waals surface area contributed by atoms with E-state index in [9.17, 15) is 9.59 Å². The van der Waals surface area contributed by atoms with Crippen LogP contribution in [0, 0.1) is 0 Å². The number of amides is 1. The number of carbonyl (C=O) groups is 2. The van der Waals surface area contributed by atoms with Gasteiger partial charge in [-0.05, 0) is 31.2 Å². The molecule has 0 spiro atoms. The zero-order chi connectivity index (χ0) is 19.1. The average Bonchev–Trinajstić information content (AvgIpc) is 3.09. The number of hydrogen-bond donors (Lipinski definition) is 1. The van der Waals surface area contributed by atoms with Gasteiger partial charge in [0.1, 0.15) is 5.03 Å². The van der Waals surface area contributed by atoms with Crippen LogP contribution in [0.15, 0.2) is 47.5 Å². The zero-order valence-electron chi connectivity index (χ0n) is 14.8. The molecule has 0 aliphatic carbocycles. The summed E-state index contributed by atoms with van der Waals surface area (Å²) in [5, 5.41) is 16.2. The molecule has 0 saturated heterocycles. The number of rotatable bonds is 8. The molecule has 0 atom stereocenters. The lowest BCUT2D eigenvalue weighted by Gasteiger charge is -2.05. The lowest BCUT2D eigenvalue weighted by atomic mass is 10.2. The SMILES string of the molecule is CCOC(=O)CSc1ccc2nnc(CCNC(=O)c3ccccc3)n2n1. The van der Waals surface area contributed by atoms with Crippen molar-refractivity contribution in [3.05, 3.63) is 53.9 Å². The van der Waals surface area contributed by atoms with Crippen LogP contribution in [0.5, 0.6) is 0 Å². The second-order valence-corrected chi connectivity index (χ2v) is 6.52. The number of aromatic nitrogens is 4. The van der Waals surface area contributed by atoms with E-state index in [1.165, 1.54) is 11.8 Å². The van der Waals surface area contributed by atoms with Gasteiger partial charge in [0.15, 0.2) is 11.5 Å². The molecule has 1 N–H and O–H groups in total. The Labute approximate surface area is 160 Å². The van der Waals surface area contributed by atoms with E-state index in [0.29, 0.717) is 41.6 Å². The van der Waals surface area contributed by atoms with Gasteiger partial charge >= 0.3 is 5.97 Å². The maximum Gasteiger partial charge on any atom is 0.316 e. The van der Waals surface area contributed by atoms with E-state index in [1.807, 2.05) is 18.2 Å². The third-order valence-corrected chi connectivity index (χ3v) is 4.51. The topological polar surface area (TPSA) is 98.5 Å². The lowest BCUT2D eigenvalue weighted by molar-refractivity contribution is -0.139. The van der Waals surface area contributed by atoms with Crippen LogP contribution in [0.25, 0.3) is 5.65 Å². The molecule has 1 aromatic carbocycles. The molecule has 0 bridgehead atoms. The molecule has 0 aliphatic heterocycles. The largest absolute Gasteiger partial charge is 0.465 e. The van der Waals surface area contributed by atoms with Gasteiger partial charge in [-0.2, -0.15) is 9.61 Å². The monoisotopic (exact) mass is 385 g/mol. The Morgan fingerprint density at radius 2 is 1.96 bits per heavy atom. The lowest BCUT2D eigenvalue weighted by Crippen LogP contribution is -2.26. The fraction of sp³-hybridized carbons (Fsp3) is 0.278. The zero-order valence-corrected chi connectivity index (χ0v) is 15.6. The van der Waals surface area contributed by atoms with Gasteiger partial charge in [-0.3, -0.25) is 9.59 Å². The molecule has 3 rings (SSSR count). The summed E-state index contributed by atoms with van der Waals surface area (Å²) < 4.78 is 6.54. The van der Waals surface area contributed by atoms with Crippen molar-refractivity contribution in [2.24, 2.45) is 0 Å². The minimum absolute atomic E-state index is 0.136. The highest BCUT2D eigenvalue weighted by Crippen LogP contribution is 2.16. The Kier molecular flexibility index (Phi) is 6.37. The molecule has 27 heavy (non-hydrogen) atoms. The molecule has 1 amide bonds. The fourth-order valence-corrected chi connectivity index (χ4v) is 3.02. The van der Waals surface area contributed by atoms with Crippen molar-refractivity contribution < 1.29 is 14.3 Å². The molecule has 3 aromatic rings. The van der Waals surface area contributed by atoms with Crippen molar-refractivity contribution >= 4 is 29.3 Å². The Bertz CT molecular complexity index is 929. The van der Waals surface area contributed by atoms with E-state index in [2.05, 4.69) is 20.6 Å². The summed E-state index contributed by atoms with van der Waals surface area (Å²) in [6.45, 7) is 2.54. The van der Waals surface area contributed by atoms with Crippen molar-refractivity contribution in [3.8, 4) is 0 Å². The van der Waals surface area contributed by atoms with Crippen LogP contribution in [-0.2, 0) is 16.0 Å². The van der Waals surface area contributed by atoms with Crippen molar-refractivity contribution in [1.82, 2.24) is 25.1 Å². The average molecular weight is 385 g/mol. The normalized spacial score (nSPS) is 10.7. The summed E-state index contributed by atoms with van der Waals surface area (Å²) in [6, 6.07) is 12.6. The number of hydrogen-bond acceptors (Lipinski definition) is 7. The maximum absolute atomic E-state index is 12.1. The van der Waals surface area contributed by atoms with Crippen LogP contribution in [0.2, 0.25) is 0 Å². The Balaban J connectivity index is 1.60. The number of benzene rings is 1. The summed E-state index contributed by atoms with van der Waals surface area (Å²) in [6.07, 6.45) is 0.485.